The summed E-state index contributed by atoms with van der Waals surface area (Å²) in [7, 11) is 1.30. The van der Waals surface area contributed by atoms with Crippen LogP contribution in [0.25, 0.3) is 0 Å². The van der Waals surface area contributed by atoms with E-state index < -0.39 is 17.9 Å². The lowest BCUT2D eigenvalue weighted by atomic mass is 10.1. The predicted octanol–water partition coefficient (Wildman–Crippen LogP) is 0.952. The van der Waals surface area contributed by atoms with E-state index >= 15 is 0 Å². The van der Waals surface area contributed by atoms with Crippen LogP contribution in [0.4, 0.5) is 4.39 Å². The fourth-order valence-electron chi connectivity index (χ4n) is 0.995. The van der Waals surface area contributed by atoms with Crippen LogP contribution in [0.15, 0.2) is 18.2 Å². The molecule has 0 heterocycles. The molecule has 2 N–H and O–H groups in total. The third-order valence-corrected chi connectivity index (χ3v) is 1.73. The van der Waals surface area contributed by atoms with Gasteiger partial charge in [0.1, 0.15) is 0 Å². The molecule has 1 aromatic rings. The summed E-state index contributed by atoms with van der Waals surface area (Å²) in [4.78, 5) is 10.4. The van der Waals surface area contributed by atoms with Crippen molar-refractivity contribution >= 4 is 5.97 Å². The maximum atomic E-state index is 13.0. The molecule has 0 aliphatic rings. The molecule has 0 aliphatic carbocycles. The van der Waals surface area contributed by atoms with Gasteiger partial charge in [-0.1, -0.05) is 6.07 Å². The third kappa shape index (κ3) is 2.00. The van der Waals surface area contributed by atoms with Crippen molar-refractivity contribution in [2.24, 2.45) is 0 Å². The van der Waals surface area contributed by atoms with E-state index in [9.17, 15) is 9.18 Å². The zero-order valence-electron chi connectivity index (χ0n) is 7.40. The first-order valence-electron chi connectivity index (χ1n) is 3.80. The van der Waals surface area contributed by atoms with Crippen molar-refractivity contribution < 1.29 is 24.1 Å². The number of aliphatic hydroxyl groups excluding tert-OH is 1. The van der Waals surface area contributed by atoms with E-state index in [0.29, 0.717) is 0 Å². The maximum Gasteiger partial charge on any atom is 0.337 e. The average Bonchev–Trinajstić information content (AvgIpc) is 2.16. The van der Waals surface area contributed by atoms with E-state index in [-0.39, 0.29) is 11.3 Å². The van der Waals surface area contributed by atoms with Crippen molar-refractivity contribution in [2.45, 2.75) is 6.10 Å². The fourth-order valence-corrected chi connectivity index (χ4v) is 0.995. The second-order valence-electron chi connectivity index (χ2n) is 2.63. The standard InChI is InChI=1S/C9H9FO4/c1-14-7-3-2-5(4-6(7)10)8(11)9(12)13/h2-4,8,11H,1H3,(H,12,13). The van der Waals surface area contributed by atoms with Gasteiger partial charge < -0.3 is 14.9 Å². The predicted molar refractivity (Wildman–Crippen MR) is 45.5 cm³/mol. The molecule has 0 bridgehead atoms. The van der Waals surface area contributed by atoms with Crippen LogP contribution in [0.3, 0.4) is 0 Å². The number of methoxy groups -OCH3 is 1. The quantitative estimate of drug-likeness (QED) is 0.762. The molecular weight excluding hydrogens is 191 g/mol. The number of rotatable bonds is 3. The molecule has 5 heteroatoms. The van der Waals surface area contributed by atoms with Crippen LogP contribution in [0.2, 0.25) is 0 Å². The summed E-state index contributed by atoms with van der Waals surface area (Å²) in [6.45, 7) is 0. The molecule has 0 saturated carbocycles. The Morgan fingerprint density at radius 2 is 2.21 bits per heavy atom. The Bertz CT molecular complexity index is 351. The minimum atomic E-state index is -1.71. The van der Waals surface area contributed by atoms with Crippen LogP contribution >= 0.6 is 0 Å². The smallest absolute Gasteiger partial charge is 0.337 e. The Morgan fingerprint density at radius 3 is 2.64 bits per heavy atom. The molecule has 1 rings (SSSR count). The van der Waals surface area contributed by atoms with E-state index in [1.54, 1.807) is 0 Å². The number of carbonyl (C=O) groups is 1. The Balaban J connectivity index is 3.02. The number of ether oxygens (including phenoxy) is 1. The van der Waals surface area contributed by atoms with Crippen molar-refractivity contribution in [3.8, 4) is 5.75 Å². The first kappa shape index (κ1) is 10.5. The first-order chi connectivity index (χ1) is 6.56. The molecule has 0 amide bonds. The highest BCUT2D eigenvalue weighted by Gasteiger charge is 2.17. The Hall–Kier alpha value is -1.62. The highest BCUT2D eigenvalue weighted by Crippen LogP contribution is 2.21. The highest BCUT2D eigenvalue weighted by molar-refractivity contribution is 5.74. The number of hydrogen-bond acceptors (Lipinski definition) is 3. The van der Waals surface area contributed by atoms with Crippen LogP contribution in [0.1, 0.15) is 11.7 Å². The molecule has 4 nitrogen and oxygen atoms in total. The second kappa shape index (κ2) is 4.06. The van der Waals surface area contributed by atoms with E-state index in [0.717, 1.165) is 6.07 Å². The molecular formula is C9H9FO4. The Labute approximate surface area is 79.6 Å². The van der Waals surface area contributed by atoms with E-state index in [4.69, 9.17) is 10.2 Å². The number of carboxylic acids is 1. The van der Waals surface area contributed by atoms with Crippen molar-refractivity contribution in [2.75, 3.05) is 7.11 Å². The van der Waals surface area contributed by atoms with Gasteiger partial charge in [0.2, 0.25) is 0 Å². The summed E-state index contributed by atoms with van der Waals surface area (Å²) in [6.07, 6.45) is -1.71. The summed E-state index contributed by atoms with van der Waals surface area (Å²) >= 11 is 0. The summed E-state index contributed by atoms with van der Waals surface area (Å²) in [5.41, 5.74) is -0.0178. The molecule has 76 valence electrons. The molecule has 0 aliphatic heterocycles. The van der Waals surface area contributed by atoms with E-state index in [1.807, 2.05) is 0 Å². The molecule has 1 atom stereocenters. The first-order valence-corrected chi connectivity index (χ1v) is 3.80. The zero-order valence-corrected chi connectivity index (χ0v) is 7.40. The number of hydrogen-bond donors (Lipinski definition) is 2. The SMILES string of the molecule is COc1ccc(C(O)C(=O)O)cc1F. The lowest BCUT2D eigenvalue weighted by Crippen LogP contribution is -2.10. The van der Waals surface area contributed by atoms with Gasteiger partial charge in [-0.15, -0.1) is 0 Å². The summed E-state index contributed by atoms with van der Waals surface area (Å²) in [5, 5.41) is 17.5. The lowest BCUT2D eigenvalue weighted by Gasteiger charge is -2.07. The highest BCUT2D eigenvalue weighted by atomic mass is 19.1. The van der Waals surface area contributed by atoms with Gasteiger partial charge in [-0.25, -0.2) is 9.18 Å². The van der Waals surface area contributed by atoms with Gasteiger partial charge >= 0.3 is 5.97 Å². The summed E-state index contributed by atoms with van der Waals surface area (Å²) in [5.74, 6) is -2.12. The topological polar surface area (TPSA) is 66.8 Å². The molecule has 0 saturated heterocycles. The number of halogens is 1. The van der Waals surface area contributed by atoms with Crippen LogP contribution in [0.5, 0.6) is 5.75 Å². The lowest BCUT2D eigenvalue weighted by molar-refractivity contribution is -0.146. The largest absolute Gasteiger partial charge is 0.494 e. The van der Waals surface area contributed by atoms with Crippen molar-refractivity contribution in [1.29, 1.82) is 0 Å². The number of benzene rings is 1. The summed E-state index contributed by atoms with van der Waals surface area (Å²) in [6, 6.07) is 3.48. The number of aliphatic hydroxyl groups is 1. The molecule has 0 fully saturated rings. The second-order valence-corrected chi connectivity index (χ2v) is 2.63. The van der Waals surface area contributed by atoms with Gasteiger partial charge in [0.25, 0.3) is 0 Å². The fraction of sp³-hybridized carbons (Fsp3) is 0.222. The van der Waals surface area contributed by atoms with E-state index in [2.05, 4.69) is 4.74 Å². The molecule has 0 radical (unpaired) electrons. The van der Waals surface area contributed by atoms with Gasteiger partial charge in [0, 0.05) is 0 Å². The monoisotopic (exact) mass is 200 g/mol. The molecule has 0 aromatic heterocycles. The molecule has 1 aromatic carbocycles. The van der Waals surface area contributed by atoms with Crippen LogP contribution in [-0.4, -0.2) is 23.3 Å². The van der Waals surface area contributed by atoms with Crippen molar-refractivity contribution in [1.82, 2.24) is 0 Å². The molecule has 1 unspecified atom stereocenters. The number of aliphatic carboxylic acids is 1. The maximum absolute atomic E-state index is 13.0. The average molecular weight is 200 g/mol. The van der Waals surface area contributed by atoms with E-state index in [1.165, 1.54) is 19.2 Å². The summed E-state index contributed by atoms with van der Waals surface area (Å²) < 4.78 is 17.7. The normalized spacial score (nSPS) is 12.2. The molecule has 0 spiro atoms. The minimum absolute atomic E-state index is 0.00587. The van der Waals surface area contributed by atoms with Crippen LogP contribution in [-0.2, 0) is 4.79 Å². The van der Waals surface area contributed by atoms with Gasteiger partial charge in [-0.3, -0.25) is 0 Å². The van der Waals surface area contributed by atoms with Crippen LogP contribution < -0.4 is 4.74 Å². The third-order valence-electron chi connectivity index (χ3n) is 1.73. The molecule has 14 heavy (non-hydrogen) atoms. The van der Waals surface area contributed by atoms with Crippen LogP contribution in [0, 0.1) is 5.82 Å². The van der Waals surface area contributed by atoms with Gasteiger partial charge in [0.05, 0.1) is 7.11 Å². The van der Waals surface area contributed by atoms with Gasteiger partial charge in [0.15, 0.2) is 17.7 Å². The number of carboxylic acid groups (broad SMARTS) is 1. The Morgan fingerprint density at radius 1 is 1.57 bits per heavy atom. The van der Waals surface area contributed by atoms with Gasteiger partial charge in [-0.2, -0.15) is 0 Å². The zero-order chi connectivity index (χ0) is 10.7. The Kier molecular flexibility index (Phi) is 3.03. The van der Waals surface area contributed by atoms with Gasteiger partial charge in [-0.05, 0) is 17.7 Å². The minimum Gasteiger partial charge on any atom is -0.494 e. The van der Waals surface area contributed by atoms with Crippen molar-refractivity contribution in [3.05, 3.63) is 29.6 Å². The van der Waals surface area contributed by atoms with Crippen molar-refractivity contribution in [3.63, 3.8) is 0 Å².